The predicted octanol–water partition coefficient (Wildman–Crippen LogP) is 6.53. The molecule has 1 unspecified atom stereocenters. The van der Waals surface area contributed by atoms with Crippen LogP contribution in [0.25, 0.3) is 0 Å². The first-order valence-corrected chi connectivity index (χ1v) is 13.5. The fourth-order valence-corrected chi connectivity index (χ4v) is 5.08. The number of nitrogens with zero attached hydrogens (tertiary/aromatic N) is 1. The maximum atomic E-state index is 14.0. The van der Waals surface area contributed by atoms with Gasteiger partial charge in [-0.15, -0.1) is 11.8 Å². The number of benzene rings is 3. The van der Waals surface area contributed by atoms with Crippen molar-refractivity contribution in [3.63, 3.8) is 0 Å². The summed E-state index contributed by atoms with van der Waals surface area (Å²) in [5.74, 6) is -0.357. The Morgan fingerprint density at radius 2 is 1.67 bits per heavy atom. The molecule has 0 aliphatic heterocycles. The zero-order valence-electron chi connectivity index (χ0n) is 20.2. The minimum atomic E-state index is -0.761. The second kappa shape index (κ2) is 13.7. The van der Waals surface area contributed by atoms with Crippen molar-refractivity contribution in [3.8, 4) is 0 Å². The Morgan fingerprint density at radius 1 is 0.972 bits per heavy atom. The molecule has 1 atom stereocenters. The van der Waals surface area contributed by atoms with E-state index in [0.29, 0.717) is 33.3 Å². The average molecular weight is 548 g/mol. The van der Waals surface area contributed by atoms with E-state index in [1.54, 1.807) is 41.3 Å². The SMILES string of the molecule is CC(C)NC(=O)C(Cc1ccccc1)N(Cc1ccc(Cl)cc1Cl)C(=O)CSCc1ccccc1F. The van der Waals surface area contributed by atoms with Gasteiger partial charge in [-0.05, 0) is 48.7 Å². The highest BCUT2D eigenvalue weighted by molar-refractivity contribution is 7.99. The molecule has 3 aromatic rings. The molecule has 0 spiro atoms. The van der Waals surface area contributed by atoms with Gasteiger partial charge < -0.3 is 10.2 Å². The number of carbonyl (C=O) groups excluding carboxylic acids is 2. The molecule has 0 fully saturated rings. The van der Waals surface area contributed by atoms with E-state index in [1.807, 2.05) is 44.2 Å². The number of thioether (sulfide) groups is 1. The molecule has 1 N–H and O–H groups in total. The van der Waals surface area contributed by atoms with Crippen molar-refractivity contribution in [2.75, 3.05) is 5.75 Å². The van der Waals surface area contributed by atoms with Crippen LogP contribution in [-0.2, 0) is 28.3 Å². The van der Waals surface area contributed by atoms with Crippen LogP contribution in [0.3, 0.4) is 0 Å². The maximum absolute atomic E-state index is 14.0. The highest BCUT2D eigenvalue weighted by atomic mass is 35.5. The number of hydrogen-bond donors (Lipinski definition) is 1. The molecule has 0 heterocycles. The van der Waals surface area contributed by atoms with E-state index in [2.05, 4.69) is 5.32 Å². The predicted molar refractivity (Wildman–Crippen MR) is 147 cm³/mol. The third-order valence-electron chi connectivity index (χ3n) is 5.50. The Hall–Kier alpha value is -2.54. The third kappa shape index (κ3) is 8.26. The van der Waals surface area contributed by atoms with Crippen molar-refractivity contribution in [2.24, 2.45) is 0 Å². The van der Waals surface area contributed by atoms with Gasteiger partial charge in [-0.25, -0.2) is 4.39 Å². The second-order valence-electron chi connectivity index (χ2n) is 8.71. The van der Waals surface area contributed by atoms with Gasteiger partial charge in [0.15, 0.2) is 0 Å². The summed E-state index contributed by atoms with van der Waals surface area (Å²) in [6, 6.07) is 20.3. The molecule has 0 aliphatic carbocycles. The van der Waals surface area contributed by atoms with Gasteiger partial charge in [0.25, 0.3) is 0 Å². The lowest BCUT2D eigenvalue weighted by Crippen LogP contribution is -2.52. The fourth-order valence-electron chi connectivity index (χ4n) is 3.71. The topological polar surface area (TPSA) is 49.4 Å². The van der Waals surface area contributed by atoms with Crippen LogP contribution in [-0.4, -0.2) is 34.6 Å². The van der Waals surface area contributed by atoms with Crippen LogP contribution in [0.15, 0.2) is 72.8 Å². The normalized spacial score (nSPS) is 11.8. The molecular weight excluding hydrogens is 518 g/mol. The highest BCUT2D eigenvalue weighted by Gasteiger charge is 2.31. The first-order chi connectivity index (χ1) is 17.2. The second-order valence-corrected chi connectivity index (χ2v) is 10.5. The van der Waals surface area contributed by atoms with Crippen LogP contribution in [0.5, 0.6) is 0 Å². The molecule has 0 bridgehead atoms. The van der Waals surface area contributed by atoms with Crippen LogP contribution < -0.4 is 5.32 Å². The molecule has 0 aromatic heterocycles. The Kier molecular flexibility index (Phi) is 10.7. The van der Waals surface area contributed by atoms with Gasteiger partial charge in [-0.1, -0.05) is 77.8 Å². The van der Waals surface area contributed by atoms with Crippen LogP contribution >= 0.6 is 35.0 Å². The lowest BCUT2D eigenvalue weighted by molar-refractivity contribution is -0.139. The van der Waals surface area contributed by atoms with Crippen molar-refractivity contribution < 1.29 is 14.0 Å². The number of rotatable bonds is 11. The summed E-state index contributed by atoms with van der Waals surface area (Å²) in [4.78, 5) is 28.5. The van der Waals surface area contributed by atoms with Crippen LogP contribution in [0.4, 0.5) is 4.39 Å². The Bertz CT molecular complexity index is 1180. The summed E-state index contributed by atoms with van der Waals surface area (Å²) in [5.41, 5.74) is 2.14. The van der Waals surface area contributed by atoms with E-state index < -0.39 is 6.04 Å². The molecule has 3 aromatic carbocycles. The van der Waals surface area contributed by atoms with E-state index in [4.69, 9.17) is 23.2 Å². The van der Waals surface area contributed by atoms with E-state index >= 15 is 0 Å². The summed E-state index contributed by atoms with van der Waals surface area (Å²) in [7, 11) is 0. The maximum Gasteiger partial charge on any atom is 0.243 e. The van der Waals surface area contributed by atoms with Gasteiger partial charge in [0.1, 0.15) is 11.9 Å². The fraction of sp³-hybridized carbons (Fsp3) is 0.286. The standard InChI is InChI=1S/C28H29Cl2FN2O2S/c1-19(2)32-28(35)26(14-20-8-4-3-5-9-20)33(16-21-12-13-23(29)15-24(21)30)27(34)18-36-17-22-10-6-7-11-25(22)31/h3-13,15,19,26H,14,16-18H2,1-2H3,(H,32,35). The van der Waals surface area contributed by atoms with Gasteiger partial charge in [0.05, 0.1) is 5.75 Å². The summed E-state index contributed by atoms with van der Waals surface area (Å²) in [6.45, 7) is 3.89. The molecule has 3 rings (SSSR count). The average Bonchev–Trinajstić information content (AvgIpc) is 2.84. The highest BCUT2D eigenvalue weighted by Crippen LogP contribution is 2.25. The van der Waals surface area contributed by atoms with Gasteiger partial charge in [-0.2, -0.15) is 0 Å². The summed E-state index contributed by atoms with van der Waals surface area (Å²) >= 11 is 13.8. The first-order valence-electron chi connectivity index (χ1n) is 11.6. The molecule has 0 saturated carbocycles. The third-order valence-corrected chi connectivity index (χ3v) is 7.05. The summed E-state index contributed by atoms with van der Waals surface area (Å²) in [5, 5.41) is 3.86. The largest absolute Gasteiger partial charge is 0.352 e. The van der Waals surface area contributed by atoms with Crippen LogP contribution in [0.1, 0.15) is 30.5 Å². The summed E-state index contributed by atoms with van der Waals surface area (Å²) < 4.78 is 14.0. The minimum Gasteiger partial charge on any atom is -0.352 e. The quantitative estimate of drug-likeness (QED) is 0.297. The molecule has 36 heavy (non-hydrogen) atoms. The summed E-state index contributed by atoms with van der Waals surface area (Å²) in [6.07, 6.45) is 0.342. The number of carbonyl (C=O) groups is 2. The lowest BCUT2D eigenvalue weighted by Gasteiger charge is -2.32. The molecule has 0 radical (unpaired) electrons. The molecule has 8 heteroatoms. The monoisotopic (exact) mass is 546 g/mol. The lowest BCUT2D eigenvalue weighted by atomic mass is 10.0. The van der Waals surface area contributed by atoms with Crippen molar-refractivity contribution in [1.29, 1.82) is 0 Å². The van der Waals surface area contributed by atoms with Gasteiger partial charge in [-0.3, -0.25) is 9.59 Å². The van der Waals surface area contributed by atoms with Crippen molar-refractivity contribution in [2.45, 2.75) is 44.6 Å². The van der Waals surface area contributed by atoms with E-state index in [9.17, 15) is 14.0 Å². The number of nitrogens with one attached hydrogen (secondary N) is 1. The molecular formula is C28H29Cl2FN2O2S. The zero-order chi connectivity index (χ0) is 26.1. The van der Waals surface area contributed by atoms with Gasteiger partial charge >= 0.3 is 0 Å². The van der Waals surface area contributed by atoms with Crippen LogP contribution in [0, 0.1) is 5.82 Å². The Balaban J connectivity index is 1.88. The number of halogens is 3. The Morgan fingerprint density at radius 3 is 2.33 bits per heavy atom. The van der Waals surface area contributed by atoms with Crippen molar-refractivity contribution in [1.82, 2.24) is 10.2 Å². The number of hydrogen-bond acceptors (Lipinski definition) is 3. The van der Waals surface area contributed by atoms with E-state index in [-0.39, 0.29) is 36.0 Å². The van der Waals surface area contributed by atoms with Crippen molar-refractivity contribution >= 4 is 46.8 Å². The molecule has 4 nitrogen and oxygen atoms in total. The van der Waals surface area contributed by atoms with Gasteiger partial charge in [0, 0.05) is 34.8 Å². The molecule has 0 saturated heterocycles. The molecule has 0 aliphatic rings. The molecule has 2 amide bonds. The number of amides is 2. The van der Waals surface area contributed by atoms with Crippen molar-refractivity contribution in [3.05, 3.63) is 105 Å². The van der Waals surface area contributed by atoms with Gasteiger partial charge in [0.2, 0.25) is 11.8 Å². The van der Waals surface area contributed by atoms with E-state index in [1.165, 1.54) is 17.8 Å². The zero-order valence-corrected chi connectivity index (χ0v) is 22.5. The molecule has 190 valence electrons. The smallest absolute Gasteiger partial charge is 0.243 e. The van der Waals surface area contributed by atoms with E-state index in [0.717, 1.165) is 5.56 Å². The van der Waals surface area contributed by atoms with Crippen LogP contribution in [0.2, 0.25) is 10.0 Å². The Labute approximate surface area is 226 Å². The minimum absolute atomic E-state index is 0.0831. The first kappa shape index (κ1) is 28.0.